The second-order valence-electron chi connectivity index (χ2n) is 5.30. The second kappa shape index (κ2) is 6.34. The number of carboxylic acid groups (broad SMARTS) is 1. The van der Waals surface area contributed by atoms with E-state index in [0.717, 1.165) is 16.9 Å². The van der Waals surface area contributed by atoms with Crippen LogP contribution in [0.1, 0.15) is 5.82 Å². The number of hydrogen-bond donors (Lipinski definition) is 2. The van der Waals surface area contributed by atoms with Gasteiger partial charge in [-0.2, -0.15) is 0 Å². The first-order valence-corrected chi connectivity index (χ1v) is 9.24. The molecule has 0 aliphatic carbocycles. The average molecular weight is 372 g/mol. The summed E-state index contributed by atoms with van der Waals surface area (Å²) in [4.78, 5) is 35.8. The molecule has 0 saturated heterocycles. The number of benzene rings is 1. The van der Waals surface area contributed by atoms with Crippen LogP contribution in [0.4, 0.5) is 0 Å². The summed E-state index contributed by atoms with van der Waals surface area (Å²) in [6.45, 7) is -0.415. The van der Waals surface area contributed by atoms with Crippen molar-refractivity contribution in [3.63, 3.8) is 0 Å². The highest BCUT2D eigenvalue weighted by atomic mass is 32.2. The number of carbonyl (C=O) groups is 1. The smallest absolute Gasteiger partial charge is 0.323 e. The third-order valence-electron chi connectivity index (χ3n) is 3.60. The van der Waals surface area contributed by atoms with Crippen LogP contribution in [0.3, 0.4) is 0 Å². The summed E-state index contributed by atoms with van der Waals surface area (Å²) in [6.07, 6.45) is 0. The topological polar surface area (TPSA) is 101 Å². The van der Waals surface area contributed by atoms with Crippen molar-refractivity contribution in [1.29, 1.82) is 0 Å². The summed E-state index contributed by atoms with van der Waals surface area (Å²) in [6, 6.07) is 9.45. The lowest BCUT2D eigenvalue weighted by Crippen LogP contribution is -2.26. The molecule has 0 radical (unpaired) electrons. The van der Waals surface area contributed by atoms with Crippen molar-refractivity contribution in [2.24, 2.45) is 0 Å². The lowest BCUT2D eigenvalue weighted by molar-refractivity contribution is -0.137. The number of nitrogens with zero attached hydrogens (tertiary/aromatic N) is 3. The summed E-state index contributed by atoms with van der Waals surface area (Å²) in [5.74, 6) is 0.120. The van der Waals surface area contributed by atoms with Gasteiger partial charge in [-0.1, -0.05) is 23.9 Å². The zero-order valence-electron chi connectivity index (χ0n) is 12.8. The van der Waals surface area contributed by atoms with E-state index in [1.54, 1.807) is 11.4 Å². The molecule has 2 N–H and O–H groups in total. The number of aromatic amines is 1. The van der Waals surface area contributed by atoms with Gasteiger partial charge >= 0.3 is 5.97 Å². The number of para-hydroxylation sites is 2. The number of thiophene rings is 1. The molecule has 4 aromatic rings. The fraction of sp³-hybridized carbons (Fsp3) is 0.125. The standard InChI is InChI=1S/C16H12N4O3S2/c21-13(22)7-20-15(23)14-11(5-6-24-14)19-16(20)25-8-12-17-9-3-1-2-4-10(9)18-12/h1-6H,7-8H2,(H,17,18)(H,21,22). The summed E-state index contributed by atoms with van der Waals surface area (Å²) in [5, 5.41) is 11.3. The number of hydrogen-bond acceptors (Lipinski definition) is 6. The fourth-order valence-corrected chi connectivity index (χ4v) is 4.16. The Morgan fingerprint density at radius 2 is 2.08 bits per heavy atom. The van der Waals surface area contributed by atoms with Crippen molar-refractivity contribution in [3.8, 4) is 0 Å². The number of thioether (sulfide) groups is 1. The Hall–Kier alpha value is -2.65. The van der Waals surface area contributed by atoms with Crippen LogP contribution in [-0.2, 0) is 17.1 Å². The van der Waals surface area contributed by atoms with Gasteiger partial charge in [0.05, 0.1) is 22.3 Å². The lowest BCUT2D eigenvalue weighted by Gasteiger charge is -2.09. The van der Waals surface area contributed by atoms with E-state index in [1.165, 1.54) is 27.7 Å². The third-order valence-corrected chi connectivity index (χ3v) is 5.48. The van der Waals surface area contributed by atoms with Crippen LogP contribution in [0, 0.1) is 0 Å². The second-order valence-corrected chi connectivity index (χ2v) is 7.16. The summed E-state index contributed by atoms with van der Waals surface area (Å²) in [7, 11) is 0. The van der Waals surface area contributed by atoms with Gasteiger partial charge in [0.1, 0.15) is 17.1 Å². The number of H-pyrrole nitrogens is 1. The maximum Gasteiger partial charge on any atom is 0.323 e. The zero-order chi connectivity index (χ0) is 17.4. The van der Waals surface area contributed by atoms with E-state index in [1.807, 2.05) is 24.3 Å². The van der Waals surface area contributed by atoms with Gasteiger partial charge in [-0.15, -0.1) is 11.3 Å². The lowest BCUT2D eigenvalue weighted by atomic mass is 10.3. The number of fused-ring (bicyclic) bond motifs is 2. The molecule has 0 saturated carbocycles. The van der Waals surface area contributed by atoms with E-state index in [-0.39, 0.29) is 5.56 Å². The Bertz CT molecular complexity index is 1110. The van der Waals surface area contributed by atoms with Gasteiger partial charge in [-0.05, 0) is 23.6 Å². The minimum absolute atomic E-state index is 0.325. The fourth-order valence-electron chi connectivity index (χ4n) is 2.52. The van der Waals surface area contributed by atoms with E-state index in [4.69, 9.17) is 5.11 Å². The Morgan fingerprint density at radius 3 is 2.88 bits per heavy atom. The van der Waals surface area contributed by atoms with Crippen molar-refractivity contribution in [3.05, 3.63) is 51.9 Å². The van der Waals surface area contributed by atoms with Gasteiger partial charge in [0, 0.05) is 0 Å². The highest BCUT2D eigenvalue weighted by Crippen LogP contribution is 2.24. The van der Waals surface area contributed by atoms with Gasteiger partial charge in [0.2, 0.25) is 0 Å². The number of nitrogens with one attached hydrogen (secondary N) is 1. The Balaban J connectivity index is 1.69. The Morgan fingerprint density at radius 1 is 1.24 bits per heavy atom. The summed E-state index contributed by atoms with van der Waals surface area (Å²) >= 11 is 2.55. The molecule has 7 nitrogen and oxygen atoms in total. The van der Waals surface area contributed by atoms with Crippen LogP contribution >= 0.6 is 23.1 Å². The van der Waals surface area contributed by atoms with Crippen molar-refractivity contribution in [2.75, 3.05) is 0 Å². The third kappa shape index (κ3) is 3.03. The monoisotopic (exact) mass is 372 g/mol. The van der Waals surface area contributed by atoms with E-state index in [2.05, 4.69) is 15.0 Å². The molecule has 25 heavy (non-hydrogen) atoms. The SMILES string of the molecule is O=C(O)Cn1c(SCc2nc3ccccc3[nH]2)nc2ccsc2c1=O. The number of carboxylic acids is 1. The molecule has 9 heteroatoms. The molecule has 1 aromatic carbocycles. The van der Waals surface area contributed by atoms with Crippen LogP contribution in [0.5, 0.6) is 0 Å². The maximum absolute atomic E-state index is 12.5. The zero-order valence-corrected chi connectivity index (χ0v) is 14.4. The van der Waals surface area contributed by atoms with E-state index in [9.17, 15) is 9.59 Å². The molecule has 0 atom stereocenters. The molecule has 0 unspecified atom stereocenters. The number of aromatic nitrogens is 4. The van der Waals surface area contributed by atoms with E-state index < -0.39 is 12.5 Å². The summed E-state index contributed by atoms with van der Waals surface area (Å²) < 4.78 is 1.67. The quantitative estimate of drug-likeness (QED) is 0.413. The number of aliphatic carboxylic acids is 1. The average Bonchev–Trinajstić information content (AvgIpc) is 3.21. The highest BCUT2D eigenvalue weighted by Gasteiger charge is 2.15. The maximum atomic E-state index is 12.5. The molecule has 0 fully saturated rings. The van der Waals surface area contributed by atoms with Gasteiger partial charge in [0.25, 0.3) is 5.56 Å². The first-order chi connectivity index (χ1) is 12.1. The highest BCUT2D eigenvalue weighted by molar-refractivity contribution is 7.98. The van der Waals surface area contributed by atoms with Crippen LogP contribution in [0.25, 0.3) is 21.3 Å². The molecule has 0 bridgehead atoms. The van der Waals surface area contributed by atoms with Crippen molar-refractivity contribution in [1.82, 2.24) is 19.5 Å². The first kappa shape index (κ1) is 15.9. The Kier molecular flexibility index (Phi) is 4.02. The molecule has 0 aliphatic heterocycles. The Labute approximate surface area is 149 Å². The normalized spacial score (nSPS) is 11.4. The molecular weight excluding hydrogens is 360 g/mol. The van der Waals surface area contributed by atoms with E-state index in [0.29, 0.717) is 21.1 Å². The molecule has 3 heterocycles. The van der Waals surface area contributed by atoms with Gasteiger partial charge in [-0.3, -0.25) is 14.2 Å². The van der Waals surface area contributed by atoms with Gasteiger partial charge in [-0.25, -0.2) is 9.97 Å². The molecule has 0 amide bonds. The van der Waals surface area contributed by atoms with E-state index >= 15 is 0 Å². The molecule has 3 aromatic heterocycles. The van der Waals surface area contributed by atoms with Gasteiger partial charge < -0.3 is 10.1 Å². The molecule has 4 rings (SSSR count). The molecule has 0 spiro atoms. The molecule has 126 valence electrons. The minimum Gasteiger partial charge on any atom is -0.480 e. The van der Waals surface area contributed by atoms with Crippen LogP contribution in [-0.4, -0.2) is 30.6 Å². The van der Waals surface area contributed by atoms with Crippen LogP contribution < -0.4 is 5.56 Å². The molecular formula is C16H12N4O3S2. The van der Waals surface area contributed by atoms with Crippen molar-refractivity contribution < 1.29 is 9.90 Å². The van der Waals surface area contributed by atoms with Crippen LogP contribution in [0.15, 0.2) is 45.7 Å². The van der Waals surface area contributed by atoms with Gasteiger partial charge in [0.15, 0.2) is 5.16 Å². The molecule has 0 aliphatic rings. The first-order valence-electron chi connectivity index (χ1n) is 7.38. The largest absolute Gasteiger partial charge is 0.480 e. The predicted octanol–water partition coefficient (Wildman–Crippen LogP) is 2.71. The van der Waals surface area contributed by atoms with Crippen molar-refractivity contribution >= 4 is 50.3 Å². The number of imidazole rings is 1. The summed E-state index contributed by atoms with van der Waals surface area (Å²) in [5.41, 5.74) is 2.06. The number of rotatable bonds is 5. The van der Waals surface area contributed by atoms with Crippen LogP contribution in [0.2, 0.25) is 0 Å². The minimum atomic E-state index is -1.08. The predicted molar refractivity (Wildman–Crippen MR) is 97.2 cm³/mol. The van der Waals surface area contributed by atoms with Crippen molar-refractivity contribution in [2.45, 2.75) is 17.5 Å².